The van der Waals surface area contributed by atoms with Crippen molar-refractivity contribution in [1.82, 2.24) is 10.2 Å². The molecule has 2 unspecified atom stereocenters. The van der Waals surface area contributed by atoms with Crippen molar-refractivity contribution in [3.63, 3.8) is 0 Å². The van der Waals surface area contributed by atoms with Crippen molar-refractivity contribution in [3.05, 3.63) is 59.7 Å². The molecule has 0 bridgehead atoms. The molecule has 1 aliphatic heterocycles. The Bertz CT molecular complexity index is 1030. The number of benzene rings is 2. The number of hydrogen-bond acceptors (Lipinski definition) is 4. The average molecular weight is 479 g/mol. The van der Waals surface area contributed by atoms with E-state index in [1.807, 2.05) is 24.3 Å². The highest BCUT2D eigenvalue weighted by Crippen LogP contribution is 2.44. The number of carboxylic acid groups (broad SMARTS) is 1. The topological polar surface area (TPSA) is 95.9 Å². The Hall–Kier alpha value is -3.35. The Morgan fingerprint density at radius 1 is 1.06 bits per heavy atom. The number of carboxylic acids is 1. The molecule has 1 aliphatic carbocycles. The Labute approximate surface area is 206 Å². The second kappa shape index (κ2) is 10.9. The second-order valence-electron chi connectivity index (χ2n) is 9.81. The molecule has 2 N–H and O–H groups in total. The molecule has 2 atom stereocenters. The van der Waals surface area contributed by atoms with Crippen LogP contribution in [0, 0.1) is 11.8 Å². The molecule has 2 aliphatic rings. The number of rotatable bonds is 10. The summed E-state index contributed by atoms with van der Waals surface area (Å²) in [4.78, 5) is 38.4. The van der Waals surface area contributed by atoms with E-state index < -0.39 is 18.1 Å². The van der Waals surface area contributed by atoms with E-state index >= 15 is 0 Å². The van der Waals surface area contributed by atoms with Crippen molar-refractivity contribution in [3.8, 4) is 11.1 Å². The molecule has 7 heteroatoms. The van der Waals surface area contributed by atoms with Crippen molar-refractivity contribution in [1.29, 1.82) is 0 Å². The molecular weight excluding hydrogens is 444 g/mol. The fourth-order valence-corrected chi connectivity index (χ4v) is 5.05. The van der Waals surface area contributed by atoms with Crippen LogP contribution in [0.2, 0.25) is 0 Å². The first-order valence-electron chi connectivity index (χ1n) is 12.5. The Kier molecular flexibility index (Phi) is 7.73. The zero-order valence-corrected chi connectivity index (χ0v) is 20.4. The molecule has 186 valence electrons. The molecule has 0 aromatic heterocycles. The fourth-order valence-electron chi connectivity index (χ4n) is 5.05. The number of carbonyl (C=O) groups excluding carboxylic acids is 2. The fraction of sp³-hybridized carbons (Fsp3) is 0.464. The lowest BCUT2D eigenvalue weighted by atomic mass is 9.92. The number of ether oxygens (including phenoxy) is 1. The summed E-state index contributed by atoms with van der Waals surface area (Å²) in [6, 6.07) is 15.7. The molecule has 4 rings (SSSR count). The van der Waals surface area contributed by atoms with E-state index in [-0.39, 0.29) is 36.7 Å². The molecule has 2 aromatic carbocycles. The van der Waals surface area contributed by atoms with Crippen LogP contribution in [0.4, 0.5) is 4.79 Å². The van der Waals surface area contributed by atoms with Crippen LogP contribution in [-0.4, -0.2) is 53.7 Å². The highest BCUT2D eigenvalue weighted by molar-refractivity contribution is 5.86. The van der Waals surface area contributed by atoms with Gasteiger partial charge in [0.1, 0.15) is 12.6 Å². The van der Waals surface area contributed by atoms with Gasteiger partial charge in [-0.05, 0) is 46.9 Å². The molecule has 0 radical (unpaired) electrons. The van der Waals surface area contributed by atoms with Crippen molar-refractivity contribution < 1.29 is 24.2 Å². The lowest BCUT2D eigenvalue weighted by Crippen LogP contribution is -2.57. The summed E-state index contributed by atoms with van der Waals surface area (Å²) in [5.41, 5.74) is 4.61. The van der Waals surface area contributed by atoms with Gasteiger partial charge in [0.2, 0.25) is 5.91 Å². The van der Waals surface area contributed by atoms with E-state index in [1.54, 1.807) is 4.90 Å². The van der Waals surface area contributed by atoms with E-state index in [4.69, 9.17) is 9.84 Å². The smallest absolute Gasteiger partial charge is 0.407 e. The first kappa shape index (κ1) is 24.8. The number of carbonyl (C=O) groups is 3. The van der Waals surface area contributed by atoms with Gasteiger partial charge in [0.25, 0.3) is 0 Å². The lowest BCUT2D eigenvalue weighted by molar-refractivity contribution is -0.141. The zero-order chi connectivity index (χ0) is 24.9. The van der Waals surface area contributed by atoms with Crippen LogP contribution in [0.25, 0.3) is 11.1 Å². The van der Waals surface area contributed by atoms with Crippen LogP contribution in [0.3, 0.4) is 0 Å². The molecule has 0 saturated carbocycles. The maximum absolute atomic E-state index is 13.1. The summed E-state index contributed by atoms with van der Waals surface area (Å²) < 4.78 is 5.67. The van der Waals surface area contributed by atoms with Crippen molar-refractivity contribution >= 4 is 18.0 Å². The molecule has 1 heterocycles. The standard InChI is InChI=1S/C28H34N2O5/c1-3-18(2)14-25(27(33)30-15-19(16-30)12-13-26(31)32)29-28(34)35-17-24-22-10-6-4-8-20(22)21-9-5-7-11-23(21)24/h4-11,18-19,24-25H,3,12-17H2,1-2H3,(H,29,34)(H,31,32). The zero-order valence-electron chi connectivity index (χ0n) is 20.4. The van der Waals surface area contributed by atoms with Gasteiger partial charge >= 0.3 is 12.1 Å². The Balaban J connectivity index is 1.36. The van der Waals surface area contributed by atoms with Gasteiger partial charge < -0.3 is 20.1 Å². The second-order valence-corrected chi connectivity index (χ2v) is 9.81. The van der Waals surface area contributed by atoms with E-state index in [2.05, 4.69) is 43.4 Å². The SMILES string of the molecule is CCC(C)CC(NC(=O)OCC1c2ccccc2-c2ccccc21)C(=O)N1CC(CCC(=O)O)C1. The molecule has 2 aromatic rings. The first-order chi connectivity index (χ1) is 16.9. The van der Waals surface area contributed by atoms with Crippen molar-refractivity contribution in [2.75, 3.05) is 19.7 Å². The van der Waals surface area contributed by atoms with E-state index in [1.165, 1.54) is 0 Å². The highest BCUT2D eigenvalue weighted by atomic mass is 16.5. The van der Waals surface area contributed by atoms with Crippen molar-refractivity contribution in [2.24, 2.45) is 11.8 Å². The minimum Gasteiger partial charge on any atom is -0.481 e. The molecule has 1 saturated heterocycles. The van der Waals surface area contributed by atoms with Gasteiger partial charge in [0.15, 0.2) is 0 Å². The highest BCUT2D eigenvalue weighted by Gasteiger charge is 2.36. The van der Waals surface area contributed by atoms with Gasteiger partial charge in [0, 0.05) is 25.4 Å². The van der Waals surface area contributed by atoms with E-state index in [0.29, 0.717) is 25.9 Å². The van der Waals surface area contributed by atoms with Gasteiger partial charge in [-0.2, -0.15) is 0 Å². The summed E-state index contributed by atoms with van der Waals surface area (Å²) in [5, 5.41) is 11.7. The third-order valence-corrected chi connectivity index (χ3v) is 7.30. The maximum atomic E-state index is 13.1. The van der Waals surface area contributed by atoms with E-state index in [9.17, 15) is 14.4 Å². The van der Waals surface area contributed by atoms with Crippen molar-refractivity contribution in [2.45, 2.75) is 51.5 Å². The van der Waals surface area contributed by atoms with Crippen LogP contribution in [0.1, 0.15) is 56.6 Å². The van der Waals surface area contributed by atoms with Gasteiger partial charge in [0.05, 0.1) is 0 Å². The number of fused-ring (bicyclic) bond motifs is 3. The summed E-state index contributed by atoms with van der Waals surface area (Å²) in [6.45, 7) is 5.40. The van der Waals surface area contributed by atoms with Crippen LogP contribution < -0.4 is 5.32 Å². The molecular formula is C28H34N2O5. The average Bonchev–Trinajstić information content (AvgIpc) is 3.14. The van der Waals surface area contributed by atoms with Gasteiger partial charge in [-0.15, -0.1) is 0 Å². The normalized spacial score (nSPS) is 16.6. The van der Waals surface area contributed by atoms with Crippen LogP contribution in [-0.2, 0) is 14.3 Å². The molecule has 2 amide bonds. The molecule has 7 nitrogen and oxygen atoms in total. The maximum Gasteiger partial charge on any atom is 0.407 e. The van der Waals surface area contributed by atoms with E-state index in [0.717, 1.165) is 28.7 Å². The number of aliphatic carboxylic acids is 1. The molecule has 35 heavy (non-hydrogen) atoms. The number of likely N-dealkylation sites (tertiary alicyclic amines) is 1. The Morgan fingerprint density at radius 2 is 1.66 bits per heavy atom. The monoisotopic (exact) mass is 478 g/mol. The van der Waals surface area contributed by atoms with Crippen LogP contribution in [0.15, 0.2) is 48.5 Å². The predicted octanol–water partition coefficient (Wildman–Crippen LogP) is 4.65. The largest absolute Gasteiger partial charge is 0.481 e. The number of amides is 2. The number of hydrogen-bond donors (Lipinski definition) is 2. The number of nitrogens with one attached hydrogen (secondary N) is 1. The van der Waals surface area contributed by atoms with Gasteiger partial charge in [-0.1, -0.05) is 68.8 Å². The third-order valence-electron chi connectivity index (χ3n) is 7.30. The molecule has 0 spiro atoms. The van der Waals surface area contributed by atoms with Crippen LogP contribution in [0.5, 0.6) is 0 Å². The van der Waals surface area contributed by atoms with Gasteiger partial charge in [-0.25, -0.2) is 4.79 Å². The predicted molar refractivity (Wildman–Crippen MR) is 133 cm³/mol. The molecule has 1 fully saturated rings. The van der Waals surface area contributed by atoms with Crippen LogP contribution >= 0.6 is 0 Å². The van der Waals surface area contributed by atoms with Gasteiger partial charge in [-0.3, -0.25) is 9.59 Å². The summed E-state index contributed by atoms with van der Waals surface area (Å²) in [6.07, 6.45) is 1.53. The minimum atomic E-state index is -0.818. The lowest BCUT2D eigenvalue weighted by Gasteiger charge is -2.41. The third kappa shape index (κ3) is 5.66. The Morgan fingerprint density at radius 3 is 2.23 bits per heavy atom. The summed E-state index contributed by atoms with van der Waals surface area (Å²) >= 11 is 0. The quantitative estimate of drug-likeness (QED) is 0.518. The number of nitrogens with zero attached hydrogens (tertiary/aromatic N) is 1. The first-order valence-corrected chi connectivity index (χ1v) is 12.5. The summed E-state index contributed by atoms with van der Waals surface area (Å²) in [7, 11) is 0. The number of alkyl carbamates (subject to hydrolysis) is 1. The minimum absolute atomic E-state index is 0.0396. The summed E-state index contributed by atoms with van der Waals surface area (Å²) in [5.74, 6) is -0.510.